The summed E-state index contributed by atoms with van der Waals surface area (Å²) in [6.45, 7) is 6.68. The summed E-state index contributed by atoms with van der Waals surface area (Å²) in [7, 11) is 2.03. The normalized spacial score (nSPS) is 23.4. The van der Waals surface area contributed by atoms with E-state index in [0.29, 0.717) is 0 Å². The highest BCUT2D eigenvalue weighted by molar-refractivity contribution is 8.09. The van der Waals surface area contributed by atoms with E-state index >= 15 is 0 Å². The molecule has 3 rings (SSSR count). The van der Waals surface area contributed by atoms with E-state index < -0.39 is 0 Å². The van der Waals surface area contributed by atoms with Gasteiger partial charge in [-0.05, 0) is 32.9 Å². The van der Waals surface area contributed by atoms with Gasteiger partial charge in [-0.1, -0.05) is 11.8 Å². The van der Waals surface area contributed by atoms with Crippen molar-refractivity contribution in [2.75, 3.05) is 38.5 Å². The van der Waals surface area contributed by atoms with E-state index in [1.54, 1.807) is 23.1 Å². The van der Waals surface area contributed by atoms with E-state index in [1.165, 1.54) is 36.5 Å². The maximum atomic E-state index is 6.05. The minimum atomic E-state index is 0.00766. The molecule has 1 unspecified atom stereocenters. The molecule has 2 aliphatic rings. The number of rotatable bonds is 5. The van der Waals surface area contributed by atoms with Gasteiger partial charge in [0.1, 0.15) is 5.50 Å². The Labute approximate surface area is 134 Å². The Hall–Kier alpha value is -0.760. The van der Waals surface area contributed by atoms with E-state index in [9.17, 15) is 0 Å². The van der Waals surface area contributed by atoms with Crippen LogP contribution in [-0.4, -0.2) is 53.5 Å². The molecule has 3 N–H and O–H groups in total. The third kappa shape index (κ3) is 3.36. The fourth-order valence-electron chi connectivity index (χ4n) is 2.67. The van der Waals surface area contributed by atoms with Gasteiger partial charge in [-0.15, -0.1) is 11.3 Å². The lowest BCUT2D eigenvalue weighted by molar-refractivity contribution is 0.352. The van der Waals surface area contributed by atoms with Gasteiger partial charge in [-0.2, -0.15) is 0 Å². The highest BCUT2D eigenvalue weighted by Crippen LogP contribution is 2.41. The van der Waals surface area contributed by atoms with Crippen LogP contribution in [0.4, 0.5) is 5.13 Å². The summed E-state index contributed by atoms with van der Waals surface area (Å²) in [6.07, 6.45) is 2.69. The first kappa shape index (κ1) is 15.1. The summed E-state index contributed by atoms with van der Waals surface area (Å²) in [5.41, 5.74) is 8.32. The third-order valence-corrected chi connectivity index (χ3v) is 6.22. The van der Waals surface area contributed by atoms with Crippen LogP contribution in [0.2, 0.25) is 0 Å². The molecule has 1 fully saturated rings. The fourth-order valence-corrected chi connectivity index (χ4v) is 4.57. The Morgan fingerprint density at radius 3 is 2.86 bits per heavy atom. The molecule has 0 spiro atoms. The van der Waals surface area contributed by atoms with Gasteiger partial charge in [0, 0.05) is 31.2 Å². The molecular weight excluding hydrogens is 302 g/mol. The topological polar surface area (TPSA) is 57.4 Å². The minimum absolute atomic E-state index is 0.00766. The van der Waals surface area contributed by atoms with Gasteiger partial charge in [-0.3, -0.25) is 0 Å². The van der Waals surface area contributed by atoms with Gasteiger partial charge >= 0.3 is 0 Å². The van der Waals surface area contributed by atoms with E-state index in [1.807, 2.05) is 7.05 Å². The van der Waals surface area contributed by atoms with Gasteiger partial charge in [0.2, 0.25) is 0 Å². The van der Waals surface area contributed by atoms with Crippen molar-refractivity contribution in [3.63, 3.8) is 0 Å². The second kappa shape index (κ2) is 6.56. The average Bonchev–Trinajstić information content (AvgIpc) is 3.18. The fraction of sp³-hybridized carbons (Fsp3) is 0.643. The van der Waals surface area contributed by atoms with Gasteiger partial charge < -0.3 is 20.9 Å². The van der Waals surface area contributed by atoms with Crippen LogP contribution in [-0.2, 0) is 0 Å². The first-order valence-electron chi connectivity index (χ1n) is 7.43. The largest absolute Gasteiger partial charge is 0.360 e. The monoisotopic (exact) mass is 325 g/mol. The molecule has 3 heterocycles. The maximum Gasteiger partial charge on any atom is 0.183 e. The lowest BCUT2D eigenvalue weighted by Crippen LogP contribution is -2.30. The number of nitrogens with zero attached hydrogens (tertiary/aromatic N) is 3. The van der Waals surface area contributed by atoms with Crippen molar-refractivity contribution >= 4 is 33.1 Å². The number of aromatic nitrogens is 1. The summed E-state index contributed by atoms with van der Waals surface area (Å²) in [5.74, 6) is 0. The van der Waals surface area contributed by atoms with Crippen LogP contribution >= 0.6 is 23.1 Å². The first-order valence-corrected chi connectivity index (χ1v) is 9.19. The van der Waals surface area contributed by atoms with E-state index in [4.69, 9.17) is 10.7 Å². The summed E-state index contributed by atoms with van der Waals surface area (Å²) in [5, 5.41) is 6.57. The van der Waals surface area contributed by atoms with Gasteiger partial charge in [0.25, 0.3) is 0 Å². The second-order valence-corrected chi connectivity index (χ2v) is 7.53. The van der Waals surface area contributed by atoms with Gasteiger partial charge in [0.05, 0.1) is 10.6 Å². The SMILES string of the molecule is CC1=C(c2csc(NCCN3CCCC3)n2)SC(N)N1C. The molecule has 2 aliphatic heterocycles. The van der Waals surface area contributed by atoms with Crippen molar-refractivity contribution in [1.82, 2.24) is 14.8 Å². The minimum Gasteiger partial charge on any atom is -0.360 e. The van der Waals surface area contributed by atoms with Crippen molar-refractivity contribution in [2.45, 2.75) is 25.3 Å². The standard InChI is InChI=1S/C14H23N5S2/c1-10-12(21-13(15)18(10)2)11-9-20-14(17-11)16-5-8-19-6-3-4-7-19/h9,13H,3-8,15H2,1-2H3,(H,16,17). The summed E-state index contributed by atoms with van der Waals surface area (Å²) >= 11 is 3.36. The predicted octanol–water partition coefficient (Wildman–Crippen LogP) is 2.26. The molecule has 0 amide bonds. The molecule has 21 heavy (non-hydrogen) atoms. The summed E-state index contributed by atoms with van der Waals surface area (Å²) in [4.78, 5) is 10.5. The van der Waals surface area contributed by atoms with Crippen LogP contribution in [0.1, 0.15) is 25.5 Å². The van der Waals surface area contributed by atoms with Crippen LogP contribution in [0.5, 0.6) is 0 Å². The lowest BCUT2D eigenvalue weighted by atomic mass is 10.3. The van der Waals surface area contributed by atoms with Crippen LogP contribution in [0, 0.1) is 0 Å². The zero-order chi connectivity index (χ0) is 14.8. The van der Waals surface area contributed by atoms with Crippen LogP contribution in [0.25, 0.3) is 4.91 Å². The number of hydrogen-bond acceptors (Lipinski definition) is 7. The zero-order valence-electron chi connectivity index (χ0n) is 12.6. The van der Waals surface area contributed by atoms with E-state index in [-0.39, 0.29) is 5.50 Å². The molecule has 0 saturated carbocycles. The maximum absolute atomic E-state index is 6.05. The van der Waals surface area contributed by atoms with Crippen LogP contribution in [0.15, 0.2) is 11.1 Å². The predicted molar refractivity (Wildman–Crippen MR) is 92.2 cm³/mol. The Balaban J connectivity index is 1.56. The number of allylic oxidation sites excluding steroid dienone is 1. The van der Waals surface area contributed by atoms with Crippen molar-refractivity contribution < 1.29 is 0 Å². The number of nitrogens with one attached hydrogen (secondary N) is 1. The molecule has 5 nitrogen and oxygen atoms in total. The van der Waals surface area contributed by atoms with Gasteiger partial charge in [0.15, 0.2) is 5.13 Å². The summed E-state index contributed by atoms with van der Waals surface area (Å²) in [6, 6.07) is 0. The molecule has 1 aromatic rings. The molecule has 0 radical (unpaired) electrons. The lowest BCUT2D eigenvalue weighted by Gasteiger charge is -2.17. The third-order valence-electron chi connectivity index (χ3n) is 4.12. The quantitative estimate of drug-likeness (QED) is 0.866. The Bertz CT molecular complexity index is 521. The highest BCUT2D eigenvalue weighted by Gasteiger charge is 2.26. The Morgan fingerprint density at radius 1 is 1.43 bits per heavy atom. The number of hydrogen-bond donors (Lipinski definition) is 2. The Morgan fingerprint density at radius 2 is 2.19 bits per heavy atom. The van der Waals surface area contributed by atoms with Crippen molar-refractivity contribution in [3.05, 3.63) is 16.8 Å². The molecule has 0 bridgehead atoms. The smallest absolute Gasteiger partial charge is 0.183 e. The molecule has 1 atom stereocenters. The molecule has 0 aromatic carbocycles. The number of nitrogens with two attached hydrogens (primary N) is 1. The average molecular weight is 326 g/mol. The molecule has 1 aromatic heterocycles. The van der Waals surface area contributed by atoms with Crippen molar-refractivity contribution in [2.24, 2.45) is 5.73 Å². The molecule has 0 aliphatic carbocycles. The van der Waals surface area contributed by atoms with Crippen LogP contribution < -0.4 is 11.1 Å². The number of likely N-dealkylation sites (tertiary alicyclic amines) is 1. The number of anilines is 1. The molecular formula is C14H23N5S2. The van der Waals surface area contributed by atoms with E-state index in [0.717, 1.165) is 23.9 Å². The van der Waals surface area contributed by atoms with Gasteiger partial charge in [-0.25, -0.2) is 4.98 Å². The van der Waals surface area contributed by atoms with Crippen molar-refractivity contribution in [3.8, 4) is 0 Å². The summed E-state index contributed by atoms with van der Waals surface area (Å²) < 4.78 is 0. The zero-order valence-corrected chi connectivity index (χ0v) is 14.3. The highest BCUT2D eigenvalue weighted by atomic mass is 32.2. The molecule has 1 saturated heterocycles. The van der Waals surface area contributed by atoms with Crippen molar-refractivity contribution in [1.29, 1.82) is 0 Å². The number of thiazole rings is 1. The number of thioether (sulfide) groups is 1. The molecule has 116 valence electrons. The van der Waals surface area contributed by atoms with E-state index in [2.05, 4.69) is 27.4 Å². The first-order chi connectivity index (χ1) is 10.1. The second-order valence-electron chi connectivity index (χ2n) is 5.55. The molecule has 7 heteroatoms. The van der Waals surface area contributed by atoms with Crippen LogP contribution in [0.3, 0.4) is 0 Å². The Kier molecular flexibility index (Phi) is 4.73.